The number of amides is 1. The van der Waals surface area contributed by atoms with Crippen molar-refractivity contribution in [2.45, 2.75) is 16.8 Å². The van der Waals surface area contributed by atoms with Gasteiger partial charge in [-0.3, -0.25) is 4.79 Å². The molecule has 1 aromatic carbocycles. The minimum atomic E-state index is -0.130. The van der Waals surface area contributed by atoms with Crippen molar-refractivity contribution in [3.05, 3.63) is 35.6 Å². The predicted molar refractivity (Wildman–Crippen MR) is 79.1 cm³/mol. The number of hydrogen-bond donors (Lipinski definition) is 0. The number of nitrogens with zero attached hydrogens (tertiary/aromatic N) is 4. The first kappa shape index (κ1) is 13.5. The SMILES string of the molecule is Cn1cnnc1SC1CCN(c2ccccc2Cl)C1=O. The van der Waals surface area contributed by atoms with Crippen molar-refractivity contribution in [2.75, 3.05) is 11.4 Å². The van der Waals surface area contributed by atoms with Gasteiger partial charge in [-0.15, -0.1) is 10.2 Å². The zero-order valence-corrected chi connectivity index (χ0v) is 12.4. The Morgan fingerprint density at radius 2 is 2.20 bits per heavy atom. The summed E-state index contributed by atoms with van der Waals surface area (Å²) < 4.78 is 1.82. The highest BCUT2D eigenvalue weighted by molar-refractivity contribution is 8.00. The highest BCUT2D eigenvalue weighted by atomic mass is 35.5. The van der Waals surface area contributed by atoms with Gasteiger partial charge < -0.3 is 9.47 Å². The molecule has 1 saturated heterocycles. The summed E-state index contributed by atoms with van der Waals surface area (Å²) in [5, 5.41) is 9.06. The molecule has 1 aliphatic rings. The molecular formula is C13H13ClN4OS. The third-order valence-corrected chi connectivity index (χ3v) is 4.84. The van der Waals surface area contributed by atoms with Gasteiger partial charge in [0.25, 0.3) is 0 Å². The Balaban J connectivity index is 1.78. The summed E-state index contributed by atoms with van der Waals surface area (Å²) in [5.74, 6) is 0.0751. The highest BCUT2D eigenvalue weighted by Gasteiger charge is 2.34. The molecule has 1 unspecified atom stereocenters. The van der Waals surface area contributed by atoms with Crippen molar-refractivity contribution >= 4 is 35.0 Å². The third-order valence-electron chi connectivity index (χ3n) is 3.22. The van der Waals surface area contributed by atoms with E-state index in [1.54, 1.807) is 17.3 Å². The number of rotatable bonds is 3. The van der Waals surface area contributed by atoms with Crippen LogP contribution >= 0.6 is 23.4 Å². The van der Waals surface area contributed by atoms with E-state index >= 15 is 0 Å². The van der Waals surface area contributed by atoms with Crippen LogP contribution < -0.4 is 4.90 Å². The van der Waals surface area contributed by atoms with Gasteiger partial charge in [0.05, 0.1) is 16.0 Å². The third kappa shape index (κ3) is 2.41. The Hall–Kier alpha value is -1.53. The Kier molecular flexibility index (Phi) is 3.67. The summed E-state index contributed by atoms with van der Waals surface area (Å²) in [6.07, 6.45) is 2.41. The van der Waals surface area contributed by atoms with Gasteiger partial charge in [0.15, 0.2) is 5.16 Å². The van der Waals surface area contributed by atoms with Crippen LogP contribution in [0, 0.1) is 0 Å². The number of halogens is 1. The average molecular weight is 309 g/mol. The van der Waals surface area contributed by atoms with Crippen LogP contribution in [0.5, 0.6) is 0 Å². The van der Waals surface area contributed by atoms with Crippen LogP contribution in [0.15, 0.2) is 35.7 Å². The maximum absolute atomic E-state index is 12.5. The Bertz CT molecular complexity index is 645. The van der Waals surface area contributed by atoms with E-state index in [0.717, 1.165) is 17.3 Å². The Labute approximate surface area is 125 Å². The monoisotopic (exact) mass is 308 g/mol. The van der Waals surface area contributed by atoms with Crippen LogP contribution in [0.4, 0.5) is 5.69 Å². The number of aryl methyl sites for hydroxylation is 1. The smallest absolute Gasteiger partial charge is 0.240 e. The van der Waals surface area contributed by atoms with Gasteiger partial charge in [0.1, 0.15) is 6.33 Å². The average Bonchev–Trinajstić information content (AvgIpc) is 2.99. The normalized spacial score (nSPS) is 18.8. The fourth-order valence-electron chi connectivity index (χ4n) is 2.18. The lowest BCUT2D eigenvalue weighted by Crippen LogP contribution is -2.28. The zero-order valence-electron chi connectivity index (χ0n) is 10.9. The molecular weight excluding hydrogens is 296 g/mol. The van der Waals surface area contributed by atoms with E-state index < -0.39 is 0 Å². The second-order valence-electron chi connectivity index (χ2n) is 4.56. The highest BCUT2D eigenvalue weighted by Crippen LogP contribution is 2.34. The molecule has 1 atom stereocenters. The fraction of sp³-hybridized carbons (Fsp3) is 0.308. The van der Waals surface area contributed by atoms with Gasteiger partial charge in [-0.1, -0.05) is 35.5 Å². The summed E-state index contributed by atoms with van der Waals surface area (Å²) in [4.78, 5) is 14.2. The van der Waals surface area contributed by atoms with E-state index in [0.29, 0.717) is 11.6 Å². The minimum absolute atomic E-state index is 0.0751. The van der Waals surface area contributed by atoms with Gasteiger partial charge >= 0.3 is 0 Å². The lowest BCUT2D eigenvalue weighted by atomic mass is 10.3. The van der Waals surface area contributed by atoms with Crippen molar-refractivity contribution < 1.29 is 4.79 Å². The maximum Gasteiger partial charge on any atom is 0.240 e. The summed E-state index contributed by atoms with van der Waals surface area (Å²) in [6.45, 7) is 0.679. The lowest BCUT2D eigenvalue weighted by molar-refractivity contribution is -0.116. The molecule has 1 aromatic heterocycles. The molecule has 0 aliphatic carbocycles. The van der Waals surface area contributed by atoms with Crippen molar-refractivity contribution in [3.8, 4) is 0 Å². The molecule has 0 radical (unpaired) electrons. The van der Waals surface area contributed by atoms with E-state index in [2.05, 4.69) is 10.2 Å². The largest absolute Gasteiger partial charge is 0.312 e. The van der Waals surface area contributed by atoms with E-state index in [4.69, 9.17) is 11.6 Å². The van der Waals surface area contributed by atoms with Crippen LogP contribution in [0.25, 0.3) is 0 Å². The molecule has 5 nitrogen and oxygen atoms in total. The van der Waals surface area contributed by atoms with Crippen molar-refractivity contribution in [3.63, 3.8) is 0 Å². The molecule has 104 valence electrons. The molecule has 0 bridgehead atoms. The molecule has 0 saturated carbocycles. The van der Waals surface area contributed by atoms with Gasteiger partial charge in [0, 0.05) is 13.6 Å². The molecule has 3 rings (SSSR count). The number of anilines is 1. The molecule has 2 aromatic rings. The van der Waals surface area contributed by atoms with E-state index in [1.165, 1.54) is 11.8 Å². The zero-order chi connectivity index (χ0) is 14.1. The second kappa shape index (κ2) is 5.46. The summed E-state index contributed by atoms with van der Waals surface area (Å²) in [7, 11) is 1.87. The van der Waals surface area contributed by atoms with Crippen LogP contribution in [0.3, 0.4) is 0 Å². The summed E-state index contributed by atoms with van der Waals surface area (Å²) in [6, 6.07) is 7.42. The molecule has 20 heavy (non-hydrogen) atoms. The minimum Gasteiger partial charge on any atom is -0.312 e. The maximum atomic E-state index is 12.5. The number of benzene rings is 1. The molecule has 2 heterocycles. The fourth-order valence-corrected chi connectivity index (χ4v) is 3.43. The number of hydrogen-bond acceptors (Lipinski definition) is 4. The predicted octanol–water partition coefficient (Wildman–Crippen LogP) is 2.37. The molecule has 0 spiro atoms. The van der Waals surface area contributed by atoms with Crippen LogP contribution in [-0.2, 0) is 11.8 Å². The van der Waals surface area contributed by atoms with Gasteiger partial charge in [-0.2, -0.15) is 0 Å². The first-order chi connectivity index (χ1) is 9.66. The number of thioether (sulfide) groups is 1. The molecule has 0 N–H and O–H groups in total. The first-order valence-corrected chi connectivity index (χ1v) is 7.49. The van der Waals surface area contributed by atoms with Crippen LogP contribution in [0.2, 0.25) is 5.02 Å². The topological polar surface area (TPSA) is 51.0 Å². The molecule has 1 aliphatic heterocycles. The Morgan fingerprint density at radius 1 is 1.40 bits per heavy atom. The van der Waals surface area contributed by atoms with Gasteiger partial charge in [-0.25, -0.2) is 0 Å². The summed E-state index contributed by atoms with van der Waals surface area (Å²) >= 11 is 7.61. The molecule has 1 fully saturated rings. The number of carbonyl (C=O) groups is 1. The van der Waals surface area contributed by atoms with E-state index in [-0.39, 0.29) is 11.2 Å². The van der Waals surface area contributed by atoms with E-state index in [9.17, 15) is 4.79 Å². The second-order valence-corrected chi connectivity index (χ2v) is 6.14. The lowest BCUT2D eigenvalue weighted by Gasteiger charge is -2.17. The number of para-hydroxylation sites is 1. The summed E-state index contributed by atoms with van der Waals surface area (Å²) in [5.41, 5.74) is 0.778. The standard InChI is InChI=1S/C13H13ClN4OS/c1-17-8-15-16-13(17)20-11-6-7-18(12(11)19)10-5-3-2-4-9(10)14/h2-5,8,11H,6-7H2,1H3. The van der Waals surface area contributed by atoms with E-state index in [1.807, 2.05) is 29.8 Å². The molecule has 1 amide bonds. The van der Waals surface area contributed by atoms with Gasteiger partial charge in [0.2, 0.25) is 5.91 Å². The first-order valence-electron chi connectivity index (χ1n) is 6.23. The van der Waals surface area contributed by atoms with Crippen molar-refractivity contribution in [1.82, 2.24) is 14.8 Å². The van der Waals surface area contributed by atoms with Crippen LogP contribution in [-0.4, -0.2) is 32.5 Å². The number of carbonyl (C=O) groups excluding carboxylic acids is 1. The van der Waals surface area contributed by atoms with Gasteiger partial charge in [-0.05, 0) is 18.6 Å². The van der Waals surface area contributed by atoms with Crippen LogP contribution in [0.1, 0.15) is 6.42 Å². The number of aromatic nitrogens is 3. The van der Waals surface area contributed by atoms with Crippen molar-refractivity contribution in [2.24, 2.45) is 7.05 Å². The molecule has 7 heteroatoms. The van der Waals surface area contributed by atoms with Crippen molar-refractivity contribution in [1.29, 1.82) is 0 Å². The quantitative estimate of drug-likeness (QED) is 0.873. The Morgan fingerprint density at radius 3 is 2.90 bits per heavy atom.